The summed E-state index contributed by atoms with van der Waals surface area (Å²) >= 11 is 0. The number of rotatable bonds is 2. The van der Waals surface area contributed by atoms with Gasteiger partial charge in [0.25, 0.3) is 0 Å². The number of ether oxygens (including phenoxy) is 1. The van der Waals surface area contributed by atoms with Crippen LogP contribution in [0.25, 0.3) is 0 Å². The first kappa shape index (κ1) is 9.77. The summed E-state index contributed by atoms with van der Waals surface area (Å²) in [5.41, 5.74) is 1.00. The zero-order valence-electron chi connectivity index (χ0n) is 9.59. The van der Waals surface area contributed by atoms with Crippen LogP contribution in [0.4, 0.5) is 5.82 Å². The Hall–Kier alpha value is -2.22. The average Bonchev–Trinajstić information content (AvgIpc) is 2.83. The number of aromatic nitrogens is 4. The average molecular weight is 246 g/mol. The lowest BCUT2D eigenvalue weighted by atomic mass is 10.3. The van der Waals surface area contributed by atoms with Crippen molar-refractivity contribution in [1.29, 1.82) is 0 Å². The van der Waals surface area contributed by atoms with E-state index in [0.717, 1.165) is 5.69 Å². The molecule has 0 bridgehead atoms. The monoisotopic (exact) mass is 246 g/mol. The number of aryl methyl sites for hydroxylation is 1. The zero-order valence-corrected chi connectivity index (χ0v) is 9.59. The molecule has 18 heavy (non-hydrogen) atoms. The molecule has 0 N–H and O–H groups in total. The number of epoxide rings is 1. The van der Waals surface area contributed by atoms with Crippen LogP contribution in [-0.4, -0.2) is 37.2 Å². The van der Waals surface area contributed by atoms with Crippen LogP contribution in [0.15, 0.2) is 22.2 Å². The molecular formula is C10H10N6O2. The number of hydrogen-bond acceptors (Lipinski definition) is 7. The molecule has 8 nitrogen and oxygen atoms in total. The van der Waals surface area contributed by atoms with Gasteiger partial charge in [0.15, 0.2) is 18.4 Å². The quantitative estimate of drug-likeness (QED) is 0.712. The predicted molar refractivity (Wildman–Crippen MR) is 58.8 cm³/mol. The fourth-order valence-corrected chi connectivity index (χ4v) is 2.16. The van der Waals surface area contributed by atoms with Gasteiger partial charge in [0.2, 0.25) is 5.89 Å². The molecule has 0 amide bonds. The van der Waals surface area contributed by atoms with Gasteiger partial charge in [-0.05, 0) is 0 Å². The van der Waals surface area contributed by atoms with E-state index in [9.17, 15) is 0 Å². The number of nitrogens with zero attached hydrogens (tertiary/aromatic N) is 6. The van der Waals surface area contributed by atoms with E-state index in [-0.39, 0.29) is 12.3 Å². The molecule has 2 unspecified atom stereocenters. The molecule has 8 heteroatoms. The highest BCUT2D eigenvalue weighted by molar-refractivity contribution is 5.64. The van der Waals surface area contributed by atoms with Gasteiger partial charge in [-0.3, -0.25) is 0 Å². The third-order valence-electron chi connectivity index (χ3n) is 3.08. The summed E-state index contributed by atoms with van der Waals surface area (Å²) in [6.07, 6.45) is 4.82. The lowest BCUT2D eigenvalue weighted by Gasteiger charge is -2.12. The van der Waals surface area contributed by atoms with Crippen molar-refractivity contribution in [3.05, 3.63) is 24.2 Å². The molecule has 4 heterocycles. The Morgan fingerprint density at radius 3 is 3.17 bits per heavy atom. The van der Waals surface area contributed by atoms with Crippen LogP contribution < -0.4 is 0 Å². The maximum absolute atomic E-state index is 5.67. The number of hydrogen-bond donors (Lipinski definition) is 0. The highest BCUT2D eigenvalue weighted by Crippen LogP contribution is 2.45. The summed E-state index contributed by atoms with van der Waals surface area (Å²) in [5, 5.41) is 3.58. The van der Waals surface area contributed by atoms with Crippen molar-refractivity contribution in [2.45, 2.75) is 18.9 Å². The van der Waals surface area contributed by atoms with E-state index in [2.05, 4.69) is 20.1 Å². The lowest BCUT2D eigenvalue weighted by Crippen LogP contribution is -2.24. The van der Waals surface area contributed by atoms with Gasteiger partial charge in [0.05, 0.1) is 18.4 Å². The molecule has 2 aromatic rings. The van der Waals surface area contributed by atoms with E-state index < -0.39 is 0 Å². The smallest absolute Gasteiger partial charge is 0.246 e. The Bertz CT molecular complexity index is 604. The molecule has 2 aromatic heterocycles. The molecule has 92 valence electrons. The molecule has 1 saturated heterocycles. The van der Waals surface area contributed by atoms with Gasteiger partial charge in [-0.15, -0.1) is 0 Å². The molecule has 0 saturated carbocycles. The van der Waals surface area contributed by atoms with Crippen molar-refractivity contribution in [3.63, 3.8) is 0 Å². The Balaban J connectivity index is 1.64. The second-order valence-electron chi connectivity index (χ2n) is 4.26. The normalized spacial score (nSPS) is 24.6. The minimum Gasteiger partial charge on any atom is -0.341 e. The van der Waals surface area contributed by atoms with Crippen LogP contribution >= 0.6 is 0 Å². The van der Waals surface area contributed by atoms with E-state index in [1.807, 2.05) is 16.5 Å². The molecule has 0 aliphatic carbocycles. The van der Waals surface area contributed by atoms with Crippen molar-refractivity contribution in [3.8, 4) is 0 Å². The SMILES string of the molecule is Cn1cnc2c1C1OC1N(Cc1ncno1)C=N2. The van der Waals surface area contributed by atoms with E-state index in [4.69, 9.17) is 9.26 Å². The summed E-state index contributed by atoms with van der Waals surface area (Å²) in [5.74, 6) is 1.24. The molecule has 1 fully saturated rings. The molecule has 2 aliphatic rings. The van der Waals surface area contributed by atoms with Gasteiger partial charge in [0.1, 0.15) is 12.6 Å². The van der Waals surface area contributed by atoms with E-state index in [1.165, 1.54) is 6.33 Å². The van der Waals surface area contributed by atoms with Gasteiger partial charge in [-0.1, -0.05) is 5.16 Å². The predicted octanol–water partition coefficient (Wildman–Crippen LogP) is 0.376. The maximum atomic E-state index is 5.67. The standard InChI is InChI=1S/C10H10N6O2/c1-15-4-12-9-7(15)8-10(17-8)16(5-13-9)2-6-11-3-14-18-6/h3-5,8,10H,2H2,1H3. The van der Waals surface area contributed by atoms with Gasteiger partial charge in [-0.2, -0.15) is 4.98 Å². The highest BCUT2D eigenvalue weighted by Gasteiger charge is 2.49. The van der Waals surface area contributed by atoms with Crippen molar-refractivity contribution in [2.75, 3.05) is 0 Å². The summed E-state index contributed by atoms with van der Waals surface area (Å²) in [6.45, 7) is 0.485. The second kappa shape index (κ2) is 3.39. The molecule has 0 radical (unpaired) electrons. The Kier molecular flexibility index (Phi) is 1.84. The van der Waals surface area contributed by atoms with Crippen molar-refractivity contribution < 1.29 is 9.26 Å². The van der Waals surface area contributed by atoms with Crippen LogP contribution in [0, 0.1) is 0 Å². The molecule has 2 aliphatic heterocycles. The minimum atomic E-state index is -0.0303. The second-order valence-corrected chi connectivity index (χ2v) is 4.26. The summed E-state index contributed by atoms with van der Waals surface area (Å²) in [6, 6.07) is 0. The van der Waals surface area contributed by atoms with Gasteiger partial charge >= 0.3 is 0 Å². The Labute approximate surface area is 102 Å². The largest absolute Gasteiger partial charge is 0.341 e. The van der Waals surface area contributed by atoms with Crippen LogP contribution in [0.3, 0.4) is 0 Å². The van der Waals surface area contributed by atoms with Crippen LogP contribution in [0.1, 0.15) is 17.7 Å². The van der Waals surface area contributed by atoms with Crippen molar-refractivity contribution >= 4 is 12.2 Å². The van der Waals surface area contributed by atoms with Gasteiger partial charge in [0, 0.05) is 7.05 Å². The molecule has 0 spiro atoms. The van der Waals surface area contributed by atoms with Crippen molar-refractivity contribution in [2.24, 2.45) is 12.0 Å². The first-order valence-corrected chi connectivity index (χ1v) is 5.55. The molecular weight excluding hydrogens is 236 g/mol. The molecule has 2 atom stereocenters. The third kappa shape index (κ3) is 1.35. The van der Waals surface area contributed by atoms with Crippen LogP contribution in [0.2, 0.25) is 0 Å². The lowest BCUT2D eigenvalue weighted by molar-refractivity contribution is 0.232. The molecule has 4 rings (SSSR count). The van der Waals surface area contributed by atoms with E-state index in [1.54, 1.807) is 12.7 Å². The van der Waals surface area contributed by atoms with Crippen LogP contribution in [0.5, 0.6) is 0 Å². The number of fused-ring (bicyclic) bond motifs is 3. The topological polar surface area (TPSA) is 84.9 Å². The van der Waals surface area contributed by atoms with E-state index in [0.29, 0.717) is 18.3 Å². The fourth-order valence-electron chi connectivity index (χ4n) is 2.16. The third-order valence-corrected chi connectivity index (χ3v) is 3.08. The maximum Gasteiger partial charge on any atom is 0.246 e. The first-order valence-electron chi connectivity index (χ1n) is 5.55. The van der Waals surface area contributed by atoms with Crippen molar-refractivity contribution in [1.82, 2.24) is 24.6 Å². The summed E-state index contributed by atoms with van der Waals surface area (Å²) in [4.78, 5) is 14.5. The summed E-state index contributed by atoms with van der Waals surface area (Å²) < 4.78 is 12.6. The molecule has 0 aromatic carbocycles. The number of imidazole rings is 1. The Morgan fingerprint density at radius 2 is 2.33 bits per heavy atom. The fraction of sp³-hybridized carbons (Fsp3) is 0.400. The van der Waals surface area contributed by atoms with Gasteiger partial charge in [-0.25, -0.2) is 9.98 Å². The van der Waals surface area contributed by atoms with Gasteiger partial charge < -0.3 is 18.7 Å². The highest BCUT2D eigenvalue weighted by atomic mass is 16.6. The minimum absolute atomic E-state index is 0.0120. The number of aliphatic imine (C=N–C) groups is 1. The van der Waals surface area contributed by atoms with E-state index >= 15 is 0 Å². The Morgan fingerprint density at radius 1 is 1.39 bits per heavy atom. The zero-order chi connectivity index (χ0) is 12.1. The summed E-state index contributed by atoms with van der Waals surface area (Å²) in [7, 11) is 1.94. The first-order chi connectivity index (χ1) is 8.83. The van der Waals surface area contributed by atoms with Crippen LogP contribution in [-0.2, 0) is 18.3 Å².